The zero-order chi connectivity index (χ0) is 13.9. The van der Waals surface area contributed by atoms with Crippen molar-refractivity contribution in [2.24, 2.45) is 0 Å². The number of fused-ring (bicyclic) bond motifs is 1. The first-order valence-corrected chi connectivity index (χ1v) is 7.78. The third kappa shape index (κ3) is 2.47. The highest BCUT2D eigenvalue weighted by molar-refractivity contribution is 7.15. The molecule has 1 atom stereocenters. The molecule has 2 nitrogen and oxygen atoms in total. The first-order chi connectivity index (χ1) is 9.79. The van der Waals surface area contributed by atoms with Crippen molar-refractivity contribution in [3.63, 3.8) is 0 Å². The zero-order valence-electron chi connectivity index (χ0n) is 11.8. The molecular weight excluding hydrogens is 264 g/mol. The molecule has 1 heterocycles. The topological polar surface area (TPSA) is 24.9 Å². The normalized spacial score (nSPS) is 12.7. The number of thiazole rings is 1. The van der Waals surface area contributed by atoms with Crippen LogP contribution in [0.25, 0.3) is 21.3 Å². The van der Waals surface area contributed by atoms with Crippen LogP contribution < -0.4 is 5.32 Å². The van der Waals surface area contributed by atoms with Gasteiger partial charge in [0.25, 0.3) is 0 Å². The van der Waals surface area contributed by atoms with E-state index >= 15 is 0 Å². The van der Waals surface area contributed by atoms with Gasteiger partial charge in [-0.25, -0.2) is 4.98 Å². The molecule has 0 aliphatic heterocycles. The first-order valence-electron chi connectivity index (χ1n) is 6.97. The molecule has 3 aromatic rings. The third-order valence-electron chi connectivity index (χ3n) is 3.48. The maximum absolute atomic E-state index is 4.62. The van der Waals surface area contributed by atoms with Gasteiger partial charge >= 0.3 is 0 Å². The number of aromatic nitrogens is 1. The second-order valence-electron chi connectivity index (χ2n) is 4.87. The van der Waals surface area contributed by atoms with Crippen LogP contribution in [0.4, 0.5) is 0 Å². The van der Waals surface area contributed by atoms with Crippen molar-refractivity contribution >= 4 is 22.1 Å². The third-order valence-corrected chi connectivity index (χ3v) is 4.69. The quantitative estimate of drug-likeness (QED) is 0.754. The number of hydrogen-bond donors (Lipinski definition) is 1. The van der Waals surface area contributed by atoms with Crippen LogP contribution in [0.5, 0.6) is 0 Å². The van der Waals surface area contributed by atoms with Gasteiger partial charge in [-0.05, 0) is 24.2 Å². The number of rotatable bonds is 4. The lowest BCUT2D eigenvalue weighted by molar-refractivity contribution is 0.606. The molecule has 1 N–H and O–H groups in total. The predicted molar refractivity (Wildman–Crippen MR) is 87.1 cm³/mol. The van der Waals surface area contributed by atoms with Crippen LogP contribution in [0.3, 0.4) is 0 Å². The van der Waals surface area contributed by atoms with E-state index < -0.39 is 0 Å². The zero-order valence-corrected chi connectivity index (χ0v) is 12.6. The monoisotopic (exact) mass is 282 g/mol. The molecule has 0 saturated carbocycles. The Hall–Kier alpha value is -1.71. The second-order valence-corrected chi connectivity index (χ2v) is 5.94. The van der Waals surface area contributed by atoms with Crippen LogP contribution in [-0.4, -0.2) is 11.5 Å². The average molecular weight is 282 g/mol. The predicted octanol–water partition coefficient (Wildman–Crippen LogP) is 4.63. The van der Waals surface area contributed by atoms with E-state index in [4.69, 9.17) is 0 Å². The molecule has 1 aromatic heterocycles. The number of benzene rings is 2. The molecule has 0 bridgehead atoms. The summed E-state index contributed by atoms with van der Waals surface area (Å²) in [4.78, 5) is 5.91. The molecule has 0 saturated heterocycles. The summed E-state index contributed by atoms with van der Waals surface area (Å²) in [7, 11) is 0. The van der Waals surface area contributed by atoms with Gasteiger partial charge in [0.05, 0.1) is 0 Å². The maximum Gasteiger partial charge on any atom is 0.124 e. The molecule has 3 heteroatoms. The summed E-state index contributed by atoms with van der Waals surface area (Å²) in [6.45, 7) is 5.29. The van der Waals surface area contributed by atoms with Crippen molar-refractivity contribution in [3.8, 4) is 10.6 Å². The molecule has 2 aromatic carbocycles. The smallest absolute Gasteiger partial charge is 0.124 e. The average Bonchev–Trinajstić information content (AvgIpc) is 2.97. The van der Waals surface area contributed by atoms with E-state index in [-0.39, 0.29) is 0 Å². The van der Waals surface area contributed by atoms with Gasteiger partial charge in [-0.3, -0.25) is 0 Å². The molecule has 0 aliphatic rings. The summed E-state index contributed by atoms with van der Waals surface area (Å²) in [5.41, 5.74) is 1.23. The van der Waals surface area contributed by atoms with Crippen molar-refractivity contribution in [3.05, 3.63) is 53.5 Å². The van der Waals surface area contributed by atoms with Crippen molar-refractivity contribution in [1.29, 1.82) is 0 Å². The van der Waals surface area contributed by atoms with E-state index in [0.717, 1.165) is 11.6 Å². The van der Waals surface area contributed by atoms with Crippen LogP contribution in [0.2, 0.25) is 0 Å². The number of hydrogen-bond acceptors (Lipinski definition) is 3. The molecule has 0 aliphatic carbocycles. The molecule has 1 unspecified atom stereocenters. The van der Waals surface area contributed by atoms with Gasteiger partial charge in [0.2, 0.25) is 0 Å². The highest BCUT2D eigenvalue weighted by Gasteiger charge is 2.11. The van der Waals surface area contributed by atoms with Crippen LogP contribution in [0, 0.1) is 0 Å². The maximum atomic E-state index is 4.62. The van der Waals surface area contributed by atoms with Crippen molar-refractivity contribution in [2.75, 3.05) is 6.54 Å². The van der Waals surface area contributed by atoms with Gasteiger partial charge in [0.1, 0.15) is 5.01 Å². The fourth-order valence-corrected chi connectivity index (χ4v) is 3.41. The molecule has 3 rings (SSSR count). The fourth-order valence-electron chi connectivity index (χ4n) is 2.43. The summed E-state index contributed by atoms with van der Waals surface area (Å²) >= 11 is 1.78. The molecular formula is C17H18N2S. The molecule has 0 amide bonds. The molecule has 20 heavy (non-hydrogen) atoms. The van der Waals surface area contributed by atoms with E-state index in [0.29, 0.717) is 6.04 Å². The molecule has 102 valence electrons. The van der Waals surface area contributed by atoms with E-state index in [1.54, 1.807) is 11.3 Å². The van der Waals surface area contributed by atoms with Crippen LogP contribution in [-0.2, 0) is 0 Å². The Kier molecular flexibility index (Phi) is 3.81. The Labute approximate surface area is 123 Å². The number of nitrogens with one attached hydrogen (secondary N) is 1. The highest BCUT2D eigenvalue weighted by atomic mass is 32.1. The molecule has 0 fully saturated rings. The SMILES string of the molecule is CCNC(C)c1cnc(-c2cccc3ccccc23)s1. The van der Waals surface area contributed by atoms with Gasteiger partial charge in [-0.15, -0.1) is 11.3 Å². The first kappa shape index (κ1) is 13.3. The minimum atomic E-state index is 0.362. The summed E-state index contributed by atoms with van der Waals surface area (Å²) < 4.78 is 0. The second kappa shape index (κ2) is 5.73. The van der Waals surface area contributed by atoms with Gasteiger partial charge in [-0.2, -0.15) is 0 Å². The summed E-state index contributed by atoms with van der Waals surface area (Å²) in [5, 5.41) is 7.07. The van der Waals surface area contributed by atoms with E-state index in [9.17, 15) is 0 Å². The van der Waals surface area contributed by atoms with Gasteiger partial charge in [0, 0.05) is 22.7 Å². The minimum Gasteiger partial charge on any atom is -0.310 e. The van der Waals surface area contributed by atoms with Gasteiger partial charge in [-0.1, -0.05) is 49.4 Å². The lowest BCUT2D eigenvalue weighted by atomic mass is 10.1. The standard InChI is InChI=1S/C17H18N2S/c1-3-18-12(2)16-11-19-17(20-16)15-10-6-8-13-7-4-5-9-14(13)15/h4-12,18H,3H2,1-2H3. The Morgan fingerprint density at radius 1 is 1.15 bits per heavy atom. The Morgan fingerprint density at radius 2 is 1.95 bits per heavy atom. The summed E-state index contributed by atoms with van der Waals surface area (Å²) in [6, 6.07) is 15.2. The molecule has 0 radical (unpaired) electrons. The van der Waals surface area contributed by atoms with Crippen LogP contribution in [0.1, 0.15) is 24.8 Å². The Balaban J connectivity index is 2.03. The van der Waals surface area contributed by atoms with Gasteiger partial charge < -0.3 is 5.32 Å². The van der Waals surface area contributed by atoms with Crippen molar-refractivity contribution < 1.29 is 0 Å². The van der Waals surface area contributed by atoms with Crippen LogP contribution in [0.15, 0.2) is 48.7 Å². The highest BCUT2D eigenvalue weighted by Crippen LogP contribution is 2.33. The minimum absolute atomic E-state index is 0.362. The van der Waals surface area contributed by atoms with E-state index in [2.05, 4.69) is 66.6 Å². The van der Waals surface area contributed by atoms with E-state index in [1.807, 2.05) is 6.20 Å². The Morgan fingerprint density at radius 3 is 2.80 bits per heavy atom. The van der Waals surface area contributed by atoms with E-state index in [1.165, 1.54) is 21.2 Å². The molecule has 0 spiro atoms. The lowest BCUT2D eigenvalue weighted by Gasteiger charge is -2.08. The van der Waals surface area contributed by atoms with Gasteiger partial charge in [0.15, 0.2) is 0 Å². The van der Waals surface area contributed by atoms with Crippen molar-refractivity contribution in [1.82, 2.24) is 10.3 Å². The lowest BCUT2D eigenvalue weighted by Crippen LogP contribution is -2.16. The largest absolute Gasteiger partial charge is 0.310 e. The van der Waals surface area contributed by atoms with Crippen LogP contribution >= 0.6 is 11.3 Å². The Bertz CT molecular complexity index is 712. The van der Waals surface area contributed by atoms with Crippen molar-refractivity contribution in [2.45, 2.75) is 19.9 Å². The fraction of sp³-hybridized carbons (Fsp3) is 0.235. The summed E-state index contributed by atoms with van der Waals surface area (Å²) in [6.07, 6.45) is 2.00. The summed E-state index contributed by atoms with van der Waals surface area (Å²) in [5.74, 6) is 0. The number of nitrogens with zero attached hydrogens (tertiary/aromatic N) is 1.